The van der Waals surface area contributed by atoms with Gasteiger partial charge in [0.2, 0.25) is 0 Å². The highest BCUT2D eigenvalue weighted by atomic mass is 19.4. The minimum Gasteiger partial charge on any atom is -0.483 e. The van der Waals surface area contributed by atoms with Crippen LogP contribution >= 0.6 is 0 Å². The number of nitrogens with one attached hydrogen (secondary N) is 1. The number of hydrogen-bond donors (Lipinski definition) is 2. The van der Waals surface area contributed by atoms with Gasteiger partial charge in [0.25, 0.3) is 11.8 Å². The van der Waals surface area contributed by atoms with Crippen molar-refractivity contribution in [1.29, 1.82) is 0 Å². The first-order valence-electron chi connectivity index (χ1n) is 8.85. The van der Waals surface area contributed by atoms with Crippen molar-refractivity contribution in [2.24, 2.45) is 5.73 Å². The van der Waals surface area contributed by atoms with Gasteiger partial charge in [0.15, 0.2) is 6.61 Å². The molecule has 3 N–H and O–H groups in total. The fraction of sp³-hybridized carbons (Fsp3) is 0.0952. The SMILES string of the molecule is NC(=O)c1ccccc1Oc1ccc(NC(=O)c2ccc(OCC(F)(F)F)cn2)cc1. The minimum absolute atomic E-state index is 0.00456. The first-order valence-corrected chi connectivity index (χ1v) is 8.85. The summed E-state index contributed by atoms with van der Waals surface area (Å²) in [6, 6.07) is 15.3. The Morgan fingerprint density at radius 2 is 1.65 bits per heavy atom. The lowest BCUT2D eigenvalue weighted by Gasteiger charge is -2.10. The number of benzene rings is 2. The summed E-state index contributed by atoms with van der Waals surface area (Å²) in [6.07, 6.45) is -3.43. The molecule has 2 amide bonds. The van der Waals surface area contributed by atoms with E-state index in [-0.39, 0.29) is 17.0 Å². The van der Waals surface area contributed by atoms with Crippen LogP contribution in [0.25, 0.3) is 0 Å². The number of alkyl halides is 3. The number of rotatable bonds is 7. The van der Waals surface area contributed by atoms with Crippen molar-refractivity contribution < 1.29 is 32.2 Å². The van der Waals surface area contributed by atoms with Crippen molar-refractivity contribution in [3.05, 3.63) is 78.1 Å². The van der Waals surface area contributed by atoms with Crippen molar-refractivity contribution in [2.45, 2.75) is 6.18 Å². The normalized spacial score (nSPS) is 10.9. The minimum atomic E-state index is -4.46. The van der Waals surface area contributed by atoms with Crippen molar-refractivity contribution in [3.8, 4) is 17.2 Å². The van der Waals surface area contributed by atoms with Crippen molar-refractivity contribution >= 4 is 17.5 Å². The topological polar surface area (TPSA) is 104 Å². The second-order valence-electron chi connectivity index (χ2n) is 6.22. The lowest BCUT2D eigenvalue weighted by Crippen LogP contribution is -2.19. The van der Waals surface area contributed by atoms with Crippen LogP contribution in [-0.2, 0) is 0 Å². The van der Waals surface area contributed by atoms with Gasteiger partial charge in [-0.2, -0.15) is 13.2 Å². The molecule has 3 aromatic rings. The molecule has 10 heteroatoms. The maximum Gasteiger partial charge on any atom is 0.422 e. The number of para-hydroxylation sites is 1. The van der Waals surface area contributed by atoms with E-state index in [9.17, 15) is 22.8 Å². The summed E-state index contributed by atoms with van der Waals surface area (Å²) in [5, 5.41) is 2.60. The second kappa shape index (κ2) is 9.16. The third-order valence-electron chi connectivity index (χ3n) is 3.86. The van der Waals surface area contributed by atoms with Gasteiger partial charge in [-0.25, -0.2) is 4.98 Å². The Labute approximate surface area is 174 Å². The summed E-state index contributed by atoms with van der Waals surface area (Å²) in [5.74, 6) is -0.580. The number of carbonyl (C=O) groups is 2. The molecule has 1 aromatic heterocycles. The highest BCUT2D eigenvalue weighted by Crippen LogP contribution is 2.26. The number of aromatic nitrogens is 1. The van der Waals surface area contributed by atoms with Crippen LogP contribution in [0.15, 0.2) is 66.9 Å². The summed E-state index contributed by atoms with van der Waals surface area (Å²) < 4.78 is 46.7. The number of ether oxygens (including phenoxy) is 2. The number of primary amides is 1. The van der Waals surface area contributed by atoms with Crippen molar-refractivity contribution in [3.63, 3.8) is 0 Å². The van der Waals surface area contributed by atoms with E-state index >= 15 is 0 Å². The van der Waals surface area contributed by atoms with Gasteiger partial charge in [-0.3, -0.25) is 9.59 Å². The second-order valence-corrected chi connectivity index (χ2v) is 6.22. The van der Waals surface area contributed by atoms with Crippen LogP contribution < -0.4 is 20.5 Å². The number of anilines is 1. The van der Waals surface area contributed by atoms with E-state index in [0.717, 1.165) is 6.20 Å². The van der Waals surface area contributed by atoms with Crippen LogP contribution in [0.2, 0.25) is 0 Å². The van der Waals surface area contributed by atoms with Gasteiger partial charge in [-0.1, -0.05) is 12.1 Å². The smallest absolute Gasteiger partial charge is 0.422 e. The van der Waals surface area contributed by atoms with E-state index in [2.05, 4.69) is 15.0 Å². The Morgan fingerprint density at radius 3 is 2.26 bits per heavy atom. The monoisotopic (exact) mass is 431 g/mol. The molecule has 2 aromatic carbocycles. The molecule has 160 valence electrons. The molecule has 0 atom stereocenters. The number of carbonyl (C=O) groups excluding carboxylic acids is 2. The van der Waals surface area contributed by atoms with E-state index in [4.69, 9.17) is 10.5 Å². The molecule has 0 aliphatic rings. The lowest BCUT2D eigenvalue weighted by atomic mass is 10.2. The summed E-state index contributed by atoms with van der Waals surface area (Å²) in [4.78, 5) is 27.5. The molecule has 0 bridgehead atoms. The van der Waals surface area contributed by atoms with Crippen LogP contribution in [0, 0.1) is 0 Å². The average Bonchev–Trinajstić information content (AvgIpc) is 2.74. The molecular formula is C21H16F3N3O4. The molecule has 0 spiro atoms. The molecule has 0 aliphatic carbocycles. The van der Waals surface area contributed by atoms with Gasteiger partial charge < -0.3 is 20.5 Å². The standard InChI is InChI=1S/C21H16F3N3O4/c22-21(23,24)12-30-15-9-10-17(26-11-15)20(29)27-13-5-7-14(8-6-13)31-18-4-2-1-3-16(18)19(25)28/h1-11H,12H2,(H2,25,28)(H,27,29). The molecule has 0 unspecified atom stereocenters. The number of nitrogens with two attached hydrogens (primary N) is 1. The van der Waals surface area contributed by atoms with Gasteiger partial charge in [0.05, 0.1) is 11.8 Å². The van der Waals surface area contributed by atoms with E-state index in [1.807, 2.05) is 0 Å². The quantitative estimate of drug-likeness (QED) is 0.585. The molecule has 1 heterocycles. The van der Waals surface area contributed by atoms with Crippen LogP contribution in [0.5, 0.6) is 17.2 Å². The van der Waals surface area contributed by atoms with Gasteiger partial charge >= 0.3 is 6.18 Å². The first-order chi connectivity index (χ1) is 14.7. The van der Waals surface area contributed by atoms with Crippen LogP contribution in [0.4, 0.5) is 18.9 Å². The van der Waals surface area contributed by atoms with Crippen LogP contribution in [-0.4, -0.2) is 29.6 Å². The molecule has 0 saturated heterocycles. The summed E-state index contributed by atoms with van der Waals surface area (Å²) in [6.45, 7) is -1.45. The Bertz CT molecular complexity index is 1070. The third-order valence-corrected chi connectivity index (χ3v) is 3.86. The molecule has 0 fully saturated rings. The fourth-order valence-electron chi connectivity index (χ4n) is 2.45. The van der Waals surface area contributed by atoms with E-state index in [0.29, 0.717) is 17.2 Å². The summed E-state index contributed by atoms with van der Waals surface area (Å²) in [5.41, 5.74) is 5.97. The zero-order valence-electron chi connectivity index (χ0n) is 15.8. The Balaban J connectivity index is 1.61. The highest BCUT2D eigenvalue weighted by molar-refractivity contribution is 6.02. The molecular weight excluding hydrogens is 415 g/mol. The number of pyridine rings is 1. The lowest BCUT2D eigenvalue weighted by molar-refractivity contribution is -0.153. The van der Waals surface area contributed by atoms with Crippen molar-refractivity contribution in [1.82, 2.24) is 4.98 Å². The summed E-state index contributed by atoms with van der Waals surface area (Å²) in [7, 11) is 0. The Kier molecular flexibility index (Phi) is 6.39. The Hall–Kier alpha value is -4.08. The molecule has 0 aliphatic heterocycles. The van der Waals surface area contributed by atoms with E-state index in [1.54, 1.807) is 48.5 Å². The highest BCUT2D eigenvalue weighted by Gasteiger charge is 2.28. The van der Waals surface area contributed by atoms with Gasteiger partial charge in [-0.15, -0.1) is 0 Å². The molecule has 0 radical (unpaired) electrons. The maximum atomic E-state index is 12.3. The average molecular weight is 431 g/mol. The predicted octanol–water partition coefficient (Wildman–Crippen LogP) is 4.17. The van der Waals surface area contributed by atoms with Crippen molar-refractivity contribution in [2.75, 3.05) is 11.9 Å². The van der Waals surface area contributed by atoms with E-state index < -0.39 is 24.6 Å². The van der Waals surface area contributed by atoms with Crippen LogP contribution in [0.1, 0.15) is 20.8 Å². The zero-order valence-corrected chi connectivity index (χ0v) is 15.8. The van der Waals surface area contributed by atoms with Gasteiger partial charge in [-0.05, 0) is 48.5 Å². The fourth-order valence-corrected chi connectivity index (χ4v) is 2.45. The number of amides is 2. The third kappa shape index (κ3) is 6.20. The first kappa shape index (κ1) is 21.6. The predicted molar refractivity (Wildman–Crippen MR) is 105 cm³/mol. The zero-order chi connectivity index (χ0) is 22.4. The number of hydrogen-bond acceptors (Lipinski definition) is 5. The molecule has 31 heavy (non-hydrogen) atoms. The summed E-state index contributed by atoms with van der Waals surface area (Å²) >= 11 is 0. The van der Waals surface area contributed by atoms with Crippen LogP contribution in [0.3, 0.4) is 0 Å². The molecule has 0 saturated carbocycles. The van der Waals surface area contributed by atoms with Gasteiger partial charge in [0.1, 0.15) is 22.9 Å². The largest absolute Gasteiger partial charge is 0.483 e. The Morgan fingerprint density at radius 1 is 0.968 bits per heavy atom. The maximum absolute atomic E-state index is 12.3. The van der Waals surface area contributed by atoms with Gasteiger partial charge in [0, 0.05) is 5.69 Å². The van der Waals surface area contributed by atoms with E-state index in [1.165, 1.54) is 12.1 Å². The number of nitrogens with zero attached hydrogens (tertiary/aromatic N) is 1. The molecule has 7 nitrogen and oxygen atoms in total. The number of halogens is 3. The molecule has 3 rings (SSSR count).